The molecule has 0 aliphatic rings. The number of aromatic hydroxyl groups is 1. The number of carbonyl (C=O) groups is 1. The molecule has 118 valence electrons. The van der Waals surface area contributed by atoms with Crippen molar-refractivity contribution < 1.29 is 9.90 Å². The maximum atomic E-state index is 12.2. The molecule has 0 aliphatic heterocycles. The van der Waals surface area contributed by atoms with Crippen LogP contribution in [0.3, 0.4) is 0 Å². The van der Waals surface area contributed by atoms with Crippen LogP contribution in [0.5, 0.6) is 5.75 Å². The van der Waals surface area contributed by atoms with Gasteiger partial charge < -0.3 is 10.4 Å². The molecule has 0 spiro atoms. The lowest BCUT2D eigenvalue weighted by Gasteiger charge is -2.08. The number of hydrogen-bond acceptors (Lipinski definition) is 6. The topological polar surface area (TPSA) is 112 Å². The molecule has 7 nitrogen and oxygen atoms in total. The second kappa shape index (κ2) is 6.48. The van der Waals surface area contributed by atoms with Crippen LogP contribution in [0.25, 0.3) is 10.9 Å². The normalized spacial score (nSPS) is 10.3. The number of hydrogen-bond donors (Lipinski definition) is 2. The number of rotatable bonds is 3. The number of pyridine rings is 3. The number of amides is 1. The number of nitrogens with zero attached hydrogens (tertiary/aromatic N) is 4. The highest BCUT2D eigenvalue weighted by Gasteiger charge is 2.16. The second-order valence-corrected chi connectivity index (χ2v) is 5.26. The fourth-order valence-corrected chi connectivity index (χ4v) is 2.24. The Morgan fingerprint density at radius 3 is 2.79 bits per heavy atom. The van der Waals surface area contributed by atoms with Crippen LogP contribution < -0.4 is 5.32 Å². The third kappa shape index (κ3) is 3.09. The lowest BCUT2D eigenvalue weighted by molar-refractivity contribution is 0.0943. The van der Waals surface area contributed by atoms with E-state index in [1.807, 2.05) is 6.07 Å². The van der Waals surface area contributed by atoms with Gasteiger partial charge in [-0.15, -0.1) is 0 Å². The van der Waals surface area contributed by atoms with Crippen LogP contribution in [0.15, 0.2) is 36.7 Å². The van der Waals surface area contributed by atoms with Crippen LogP contribution in [0.1, 0.15) is 21.7 Å². The Morgan fingerprint density at radius 2 is 2.08 bits per heavy atom. The molecule has 0 aliphatic carbocycles. The molecule has 8 heteroatoms. The van der Waals surface area contributed by atoms with E-state index < -0.39 is 5.91 Å². The molecule has 1 amide bonds. The average molecular weight is 340 g/mol. The summed E-state index contributed by atoms with van der Waals surface area (Å²) in [5.74, 6) is -0.791. The van der Waals surface area contributed by atoms with Gasteiger partial charge in [0, 0.05) is 18.1 Å². The van der Waals surface area contributed by atoms with E-state index >= 15 is 0 Å². The number of nitriles is 1. The molecule has 24 heavy (non-hydrogen) atoms. The first-order chi connectivity index (χ1) is 11.6. The number of aromatic nitrogens is 3. The number of fused-ring (bicyclic) bond motifs is 1. The SMILES string of the molecule is N#Cc1ccc(CNC(=O)c2ncc3nc(Cl)ccc3c2O)cn1. The van der Waals surface area contributed by atoms with Crippen molar-refractivity contribution in [3.8, 4) is 11.8 Å². The van der Waals surface area contributed by atoms with E-state index in [1.54, 1.807) is 18.2 Å². The zero-order valence-corrected chi connectivity index (χ0v) is 12.9. The van der Waals surface area contributed by atoms with Crippen molar-refractivity contribution in [1.29, 1.82) is 5.26 Å². The summed E-state index contributed by atoms with van der Waals surface area (Å²) in [6, 6.07) is 8.25. The van der Waals surface area contributed by atoms with E-state index in [-0.39, 0.29) is 23.1 Å². The van der Waals surface area contributed by atoms with E-state index in [9.17, 15) is 9.90 Å². The Bertz CT molecular complexity index is 967. The minimum Gasteiger partial charge on any atom is -0.505 e. The zero-order valence-electron chi connectivity index (χ0n) is 12.2. The van der Waals surface area contributed by atoms with E-state index in [1.165, 1.54) is 18.5 Å². The van der Waals surface area contributed by atoms with E-state index in [2.05, 4.69) is 20.3 Å². The average Bonchev–Trinajstić information content (AvgIpc) is 2.60. The molecule has 0 aromatic carbocycles. The van der Waals surface area contributed by atoms with Gasteiger partial charge in [0.2, 0.25) is 0 Å². The molecule has 0 saturated heterocycles. The van der Waals surface area contributed by atoms with Gasteiger partial charge in [-0.1, -0.05) is 17.7 Å². The van der Waals surface area contributed by atoms with Gasteiger partial charge in [-0.05, 0) is 23.8 Å². The second-order valence-electron chi connectivity index (χ2n) is 4.87. The monoisotopic (exact) mass is 339 g/mol. The minimum atomic E-state index is -0.534. The maximum Gasteiger partial charge on any atom is 0.274 e. The number of nitrogens with one attached hydrogen (secondary N) is 1. The van der Waals surface area contributed by atoms with Crippen molar-refractivity contribution in [2.75, 3.05) is 0 Å². The Hall–Kier alpha value is -3.24. The van der Waals surface area contributed by atoms with Gasteiger partial charge in [-0.2, -0.15) is 5.26 Å². The smallest absolute Gasteiger partial charge is 0.274 e. The van der Waals surface area contributed by atoms with Crippen LogP contribution >= 0.6 is 11.6 Å². The van der Waals surface area contributed by atoms with Crippen molar-refractivity contribution in [3.05, 3.63) is 58.8 Å². The van der Waals surface area contributed by atoms with Crippen LogP contribution in [-0.2, 0) is 6.54 Å². The van der Waals surface area contributed by atoms with Gasteiger partial charge in [0.25, 0.3) is 5.91 Å². The summed E-state index contributed by atoms with van der Waals surface area (Å²) in [7, 11) is 0. The summed E-state index contributed by atoms with van der Waals surface area (Å²) in [4.78, 5) is 24.1. The summed E-state index contributed by atoms with van der Waals surface area (Å²) in [5.41, 5.74) is 1.31. The molecule has 3 aromatic rings. The van der Waals surface area contributed by atoms with Crippen LogP contribution in [0.4, 0.5) is 0 Å². The van der Waals surface area contributed by atoms with E-state index in [4.69, 9.17) is 16.9 Å². The number of carbonyl (C=O) groups excluding carboxylic acids is 1. The van der Waals surface area contributed by atoms with Crippen molar-refractivity contribution in [2.45, 2.75) is 6.54 Å². The maximum absolute atomic E-state index is 12.2. The molecule has 3 rings (SSSR count). The summed E-state index contributed by atoms with van der Waals surface area (Å²) in [6.07, 6.45) is 2.87. The van der Waals surface area contributed by atoms with Crippen molar-refractivity contribution in [1.82, 2.24) is 20.3 Å². The Labute approximate surface area is 141 Å². The Morgan fingerprint density at radius 1 is 1.25 bits per heavy atom. The largest absolute Gasteiger partial charge is 0.505 e. The van der Waals surface area contributed by atoms with Crippen molar-refractivity contribution in [2.24, 2.45) is 0 Å². The van der Waals surface area contributed by atoms with Crippen LogP contribution in [-0.4, -0.2) is 26.0 Å². The molecule has 2 N–H and O–H groups in total. The third-order valence-electron chi connectivity index (χ3n) is 3.29. The first-order valence-corrected chi connectivity index (χ1v) is 7.23. The van der Waals surface area contributed by atoms with Crippen LogP contribution in [0.2, 0.25) is 5.15 Å². The third-order valence-corrected chi connectivity index (χ3v) is 3.50. The Kier molecular flexibility index (Phi) is 4.22. The van der Waals surface area contributed by atoms with E-state index in [0.717, 1.165) is 5.56 Å². The highest BCUT2D eigenvalue weighted by molar-refractivity contribution is 6.29. The molecular weight excluding hydrogens is 330 g/mol. The van der Waals surface area contributed by atoms with Gasteiger partial charge >= 0.3 is 0 Å². The first-order valence-electron chi connectivity index (χ1n) is 6.86. The molecule has 0 atom stereocenters. The standard InChI is InChI=1S/C16H10ClN5O2/c17-13-4-3-11-12(22-13)8-20-14(15(11)23)16(24)21-7-9-1-2-10(5-18)19-6-9/h1-4,6,8,23H,7H2,(H,21,24). The quantitative estimate of drug-likeness (QED) is 0.707. The molecule has 0 unspecified atom stereocenters. The van der Waals surface area contributed by atoms with Gasteiger partial charge in [-0.25, -0.2) is 15.0 Å². The molecular formula is C16H10ClN5O2. The van der Waals surface area contributed by atoms with Crippen molar-refractivity contribution >= 4 is 28.4 Å². The molecule has 3 aromatic heterocycles. The summed E-state index contributed by atoms with van der Waals surface area (Å²) < 4.78 is 0. The highest BCUT2D eigenvalue weighted by atomic mass is 35.5. The lowest BCUT2D eigenvalue weighted by Crippen LogP contribution is -2.24. The van der Waals surface area contributed by atoms with Gasteiger partial charge in [0.1, 0.15) is 16.9 Å². The fourth-order valence-electron chi connectivity index (χ4n) is 2.09. The number of halogens is 1. The molecule has 0 radical (unpaired) electrons. The summed E-state index contributed by atoms with van der Waals surface area (Å²) in [6.45, 7) is 0.190. The first kappa shape index (κ1) is 15.6. The minimum absolute atomic E-state index is 0.103. The molecule has 0 bridgehead atoms. The van der Waals surface area contributed by atoms with Gasteiger partial charge in [0.15, 0.2) is 11.4 Å². The fraction of sp³-hybridized carbons (Fsp3) is 0.0625. The highest BCUT2D eigenvalue weighted by Crippen LogP contribution is 2.26. The van der Waals surface area contributed by atoms with Crippen LogP contribution in [0, 0.1) is 11.3 Å². The zero-order chi connectivity index (χ0) is 17.1. The molecule has 3 heterocycles. The predicted molar refractivity (Wildman–Crippen MR) is 86.3 cm³/mol. The predicted octanol–water partition coefficient (Wildman–Crippen LogP) is 2.19. The van der Waals surface area contributed by atoms with Gasteiger partial charge in [0.05, 0.1) is 11.7 Å². The Balaban J connectivity index is 1.79. The van der Waals surface area contributed by atoms with Gasteiger partial charge in [-0.3, -0.25) is 4.79 Å². The lowest BCUT2D eigenvalue weighted by atomic mass is 10.2. The molecule has 0 saturated carbocycles. The molecule has 0 fully saturated rings. The summed E-state index contributed by atoms with van der Waals surface area (Å²) in [5, 5.41) is 22.2. The summed E-state index contributed by atoms with van der Waals surface area (Å²) >= 11 is 5.79. The van der Waals surface area contributed by atoms with E-state index in [0.29, 0.717) is 16.6 Å². The van der Waals surface area contributed by atoms with Crippen molar-refractivity contribution in [3.63, 3.8) is 0 Å².